The van der Waals surface area contributed by atoms with Crippen molar-refractivity contribution in [3.05, 3.63) is 16.1 Å². The van der Waals surface area contributed by atoms with E-state index in [1.54, 1.807) is 23.3 Å². The van der Waals surface area contributed by atoms with Crippen molar-refractivity contribution in [1.82, 2.24) is 25.4 Å². The first kappa shape index (κ1) is 27.9. The van der Waals surface area contributed by atoms with E-state index < -0.39 is 5.60 Å². The summed E-state index contributed by atoms with van der Waals surface area (Å²) >= 11 is 1.68. The van der Waals surface area contributed by atoms with E-state index in [1.165, 1.54) is 0 Å². The van der Waals surface area contributed by atoms with Crippen LogP contribution in [0.25, 0.3) is 0 Å². The van der Waals surface area contributed by atoms with Gasteiger partial charge in [-0.25, -0.2) is 9.78 Å². The summed E-state index contributed by atoms with van der Waals surface area (Å²) in [5.41, 5.74) is 0.703. The van der Waals surface area contributed by atoms with Gasteiger partial charge in [-0.3, -0.25) is 9.89 Å². The van der Waals surface area contributed by atoms with Crippen molar-refractivity contribution in [3.8, 4) is 0 Å². The molecule has 178 valence electrons. The lowest BCUT2D eigenvalue weighted by Crippen LogP contribution is -2.50. The number of hydrogen-bond donors (Lipinski definition) is 2. The third-order valence-electron chi connectivity index (χ3n) is 4.76. The fourth-order valence-corrected chi connectivity index (χ4v) is 3.94. The second-order valence-electron chi connectivity index (χ2n) is 8.84. The Kier molecular flexibility index (Phi) is 12.1. The van der Waals surface area contributed by atoms with Crippen LogP contribution >= 0.6 is 35.3 Å². The molecule has 1 aliphatic heterocycles. The van der Waals surface area contributed by atoms with E-state index >= 15 is 0 Å². The van der Waals surface area contributed by atoms with Gasteiger partial charge in [0.15, 0.2) is 5.96 Å². The standard InChI is InChI=1S/C21H38N6O2S.HI/c1-16(2)17-15-30-18(25-17)14-24-19(22-6)23-8-7-9-26-10-12-27(13-11-26)20(28)29-21(3,4)5;/h15-16H,7-14H2,1-6H3,(H2,22,23,24);1H. The minimum Gasteiger partial charge on any atom is -0.444 e. The summed E-state index contributed by atoms with van der Waals surface area (Å²) in [7, 11) is 1.78. The molecule has 1 amide bonds. The highest BCUT2D eigenvalue weighted by Crippen LogP contribution is 2.17. The fraction of sp³-hybridized carbons (Fsp3) is 0.762. The second kappa shape index (κ2) is 13.4. The summed E-state index contributed by atoms with van der Waals surface area (Å²) in [6.45, 7) is 15.7. The number of amides is 1. The molecule has 0 saturated carbocycles. The largest absolute Gasteiger partial charge is 0.444 e. The molecule has 1 aromatic rings. The summed E-state index contributed by atoms with van der Waals surface area (Å²) in [6.07, 6.45) is 0.807. The Hall–Kier alpha value is -1.14. The zero-order valence-electron chi connectivity index (χ0n) is 19.7. The highest BCUT2D eigenvalue weighted by Gasteiger charge is 2.25. The van der Waals surface area contributed by atoms with Crippen molar-refractivity contribution < 1.29 is 9.53 Å². The molecule has 0 aliphatic carbocycles. The van der Waals surface area contributed by atoms with Gasteiger partial charge in [0.05, 0.1) is 12.2 Å². The van der Waals surface area contributed by atoms with Crippen LogP contribution in [0.15, 0.2) is 10.4 Å². The number of aromatic nitrogens is 1. The number of nitrogens with zero attached hydrogens (tertiary/aromatic N) is 4. The number of piperazine rings is 1. The minimum atomic E-state index is -0.442. The molecule has 31 heavy (non-hydrogen) atoms. The van der Waals surface area contributed by atoms with Crippen LogP contribution in [0.1, 0.15) is 57.7 Å². The smallest absolute Gasteiger partial charge is 0.410 e. The molecule has 0 bridgehead atoms. The van der Waals surface area contributed by atoms with Crippen LogP contribution < -0.4 is 10.6 Å². The number of carbonyl (C=O) groups is 1. The molecular formula is C21H39IN6O2S. The molecule has 0 spiro atoms. The number of carbonyl (C=O) groups excluding carboxylic acids is 1. The normalized spacial score (nSPS) is 15.6. The van der Waals surface area contributed by atoms with E-state index in [0.717, 1.165) is 62.4 Å². The second-order valence-corrected chi connectivity index (χ2v) is 9.78. The number of ether oxygens (including phenoxy) is 1. The molecule has 0 aromatic carbocycles. The first-order valence-electron chi connectivity index (χ1n) is 10.8. The van der Waals surface area contributed by atoms with Gasteiger partial charge in [-0.15, -0.1) is 35.3 Å². The highest BCUT2D eigenvalue weighted by atomic mass is 127. The number of nitrogens with one attached hydrogen (secondary N) is 2. The predicted molar refractivity (Wildman–Crippen MR) is 139 cm³/mol. The van der Waals surface area contributed by atoms with Crippen molar-refractivity contribution >= 4 is 47.4 Å². The van der Waals surface area contributed by atoms with Crippen molar-refractivity contribution in [2.75, 3.05) is 46.3 Å². The maximum Gasteiger partial charge on any atom is 0.410 e. The van der Waals surface area contributed by atoms with Gasteiger partial charge in [0, 0.05) is 45.2 Å². The van der Waals surface area contributed by atoms with E-state index in [2.05, 4.69) is 44.7 Å². The van der Waals surface area contributed by atoms with Crippen LogP contribution in [0.2, 0.25) is 0 Å². The maximum absolute atomic E-state index is 12.1. The molecule has 0 radical (unpaired) electrons. The van der Waals surface area contributed by atoms with Crippen molar-refractivity contribution in [2.24, 2.45) is 4.99 Å². The monoisotopic (exact) mass is 566 g/mol. The topological polar surface area (TPSA) is 82.1 Å². The molecule has 8 nitrogen and oxygen atoms in total. The van der Waals surface area contributed by atoms with E-state index in [4.69, 9.17) is 4.74 Å². The molecular weight excluding hydrogens is 527 g/mol. The molecule has 1 aliphatic rings. The summed E-state index contributed by atoms with van der Waals surface area (Å²) in [6, 6.07) is 0. The Morgan fingerprint density at radius 2 is 1.94 bits per heavy atom. The van der Waals surface area contributed by atoms with Crippen LogP contribution in [0, 0.1) is 0 Å². The van der Waals surface area contributed by atoms with E-state index in [0.29, 0.717) is 12.5 Å². The van der Waals surface area contributed by atoms with Gasteiger partial charge in [-0.05, 0) is 39.7 Å². The van der Waals surface area contributed by atoms with Crippen LogP contribution in [0.3, 0.4) is 0 Å². The number of rotatable bonds is 7. The number of aliphatic imine (C=N–C) groups is 1. The van der Waals surface area contributed by atoms with Crippen LogP contribution in [-0.4, -0.2) is 78.8 Å². The lowest BCUT2D eigenvalue weighted by atomic mass is 10.2. The molecule has 2 heterocycles. The third-order valence-corrected chi connectivity index (χ3v) is 5.63. The number of thiazole rings is 1. The Morgan fingerprint density at radius 3 is 2.48 bits per heavy atom. The average Bonchev–Trinajstić information content (AvgIpc) is 3.16. The summed E-state index contributed by atoms with van der Waals surface area (Å²) < 4.78 is 5.45. The van der Waals surface area contributed by atoms with E-state index in [-0.39, 0.29) is 30.1 Å². The summed E-state index contributed by atoms with van der Waals surface area (Å²) in [5, 5.41) is 9.89. The Labute approximate surface area is 208 Å². The fourth-order valence-electron chi connectivity index (χ4n) is 3.04. The first-order valence-corrected chi connectivity index (χ1v) is 11.6. The lowest BCUT2D eigenvalue weighted by molar-refractivity contribution is 0.0145. The zero-order chi connectivity index (χ0) is 22.1. The van der Waals surface area contributed by atoms with Crippen LogP contribution in [-0.2, 0) is 11.3 Å². The third kappa shape index (κ3) is 10.3. The van der Waals surface area contributed by atoms with Crippen LogP contribution in [0.5, 0.6) is 0 Å². The molecule has 1 saturated heterocycles. The van der Waals surface area contributed by atoms with E-state index in [1.807, 2.05) is 20.8 Å². The molecule has 1 fully saturated rings. The van der Waals surface area contributed by atoms with Gasteiger partial charge in [0.25, 0.3) is 0 Å². The lowest BCUT2D eigenvalue weighted by Gasteiger charge is -2.35. The molecule has 2 N–H and O–H groups in total. The van der Waals surface area contributed by atoms with Gasteiger partial charge < -0.3 is 20.3 Å². The molecule has 0 unspecified atom stereocenters. The van der Waals surface area contributed by atoms with Gasteiger partial charge >= 0.3 is 6.09 Å². The minimum absolute atomic E-state index is 0. The number of hydrogen-bond acceptors (Lipinski definition) is 6. The van der Waals surface area contributed by atoms with Crippen molar-refractivity contribution in [3.63, 3.8) is 0 Å². The predicted octanol–water partition coefficient (Wildman–Crippen LogP) is 3.49. The number of guanidine groups is 1. The quantitative estimate of drug-likeness (QED) is 0.228. The zero-order valence-corrected chi connectivity index (χ0v) is 22.9. The highest BCUT2D eigenvalue weighted by molar-refractivity contribution is 14.0. The summed E-state index contributed by atoms with van der Waals surface area (Å²) in [5.74, 6) is 1.25. The molecule has 2 rings (SSSR count). The Bertz CT molecular complexity index is 696. The summed E-state index contributed by atoms with van der Waals surface area (Å²) in [4.78, 5) is 25.3. The van der Waals surface area contributed by atoms with Crippen molar-refractivity contribution in [1.29, 1.82) is 0 Å². The first-order chi connectivity index (χ1) is 14.2. The van der Waals surface area contributed by atoms with Crippen molar-refractivity contribution in [2.45, 2.75) is 59.1 Å². The molecule has 0 atom stereocenters. The SMILES string of the molecule is CN=C(NCCCN1CCN(C(=O)OC(C)(C)C)CC1)NCc1nc(C(C)C)cs1.I. The van der Waals surface area contributed by atoms with E-state index in [9.17, 15) is 4.79 Å². The van der Waals surface area contributed by atoms with Gasteiger partial charge in [-0.1, -0.05) is 13.8 Å². The average molecular weight is 567 g/mol. The van der Waals surface area contributed by atoms with Gasteiger partial charge in [0.1, 0.15) is 10.6 Å². The maximum atomic E-state index is 12.1. The van der Waals surface area contributed by atoms with Gasteiger partial charge in [-0.2, -0.15) is 0 Å². The van der Waals surface area contributed by atoms with Crippen LogP contribution in [0.4, 0.5) is 4.79 Å². The number of halogens is 1. The molecule has 10 heteroatoms. The van der Waals surface area contributed by atoms with Gasteiger partial charge in [0.2, 0.25) is 0 Å². The Balaban J connectivity index is 0.00000480. The Morgan fingerprint density at radius 1 is 1.26 bits per heavy atom. The molecule has 1 aromatic heterocycles.